The molecule has 5 heteroatoms. The molecule has 0 aliphatic heterocycles. The largest absolute Gasteiger partial charge is 0.493 e. The predicted molar refractivity (Wildman–Crippen MR) is 82.6 cm³/mol. The topological polar surface area (TPSA) is 57.4 Å². The molecule has 2 aromatic rings. The van der Waals surface area contributed by atoms with Crippen LogP contribution in [0.3, 0.4) is 0 Å². The zero-order valence-corrected chi connectivity index (χ0v) is 13.1. The Balaban J connectivity index is 2.46. The number of methoxy groups -OCH3 is 2. The van der Waals surface area contributed by atoms with Crippen LogP contribution in [0.15, 0.2) is 18.2 Å². The summed E-state index contributed by atoms with van der Waals surface area (Å²) in [6.07, 6.45) is 0. The molecule has 1 heterocycles. The highest BCUT2D eigenvalue weighted by Gasteiger charge is 2.15. The van der Waals surface area contributed by atoms with Crippen LogP contribution in [-0.2, 0) is 6.54 Å². The van der Waals surface area contributed by atoms with E-state index < -0.39 is 0 Å². The Morgan fingerprint density at radius 2 is 1.90 bits per heavy atom. The van der Waals surface area contributed by atoms with Gasteiger partial charge in [-0.3, -0.25) is 0 Å². The second-order valence-corrected chi connectivity index (χ2v) is 5.84. The molecule has 0 aliphatic rings. The van der Waals surface area contributed by atoms with Crippen molar-refractivity contribution in [3.05, 3.63) is 28.8 Å². The van der Waals surface area contributed by atoms with Crippen LogP contribution in [-0.4, -0.2) is 19.2 Å². The van der Waals surface area contributed by atoms with Crippen molar-refractivity contribution in [2.45, 2.75) is 26.3 Å². The summed E-state index contributed by atoms with van der Waals surface area (Å²) in [5, 5.41) is 0.968. The molecule has 0 spiro atoms. The minimum Gasteiger partial charge on any atom is -0.493 e. The standard InChI is InChI=1S/C15H20N2O2S/c1-9(2)14-13(8-16)20-15(17-14)10-5-6-11(18-3)12(7-10)19-4/h5-7,9H,8,16H2,1-4H3. The van der Waals surface area contributed by atoms with Crippen LogP contribution in [0, 0.1) is 0 Å². The van der Waals surface area contributed by atoms with E-state index in [9.17, 15) is 0 Å². The highest BCUT2D eigenvalue weighted by Crippen LogP contribution is 2.36. The van der Waals surface area contributed by atoms with Crippen LogP contribution in [0.5, 0.6) is 11.5 Å². The van der Waals surface area contributed by atoms with Crippen molar-refractivity contribution in [3.63, 3.8) is 0 Å². The van der Waals surface area contributed by atoms with Crippen molar-refractivity contribution >= 4 is 11.3 Å². The van der Waals surface area contributed by atoms with Gasteiger partial charge in [-0.1, -0.05) is 13.8 Å². The number of nitrogens with zero attached hydrogens (tertiary/aromatic N) is 1. The molecule has 0 amide bonds. The van der Waals surface area contributed by atoms with E-state index in [1.165, 1.54) is 0 Å². The molecule has 0 unspecified atom stereocenters. The van der Waals surface area contributed by atoms with Gasteiger partial charge in [-0.15, -0.1) is 11.3 Å². The number of hydrogen-bond donors (Lipinski definition) is 1. The first kappa shape index (κ1) is 14.8. The monoisotopic (exact) mass is 292 g/mol. The highest BCUT2D eigenvalue weighted by molar-refractivity contribution is 7.15. The number of hydrogen-bond acceptors (Lipinski definition) is 5. The normalized spacial score (nSPS) is 10.9. The lowest BCUT2D eigenvalue weighted by atomic mass is 10.1. The minimum atomic E-state index is 0.374. The smallest absolute Gasteiger partial charge is 0.161 e. The van der Waals surface area contributed by atoms with Crippen molar-refractivity contribution in [1.82, 2.24) is 4.98 Å². The van der Waals surface area contributed by atoms with E-state index in [2.05, 4.69) is 13.8 Å². The summed E-state index contributed by atoms with van der Waals surface area (Å²) in [6, 6.07) is 5.83. The van der Waals surface area contributed by atoms with Crippen molar-refractivity contribution in [2.75, 3.05) is 14.2 Å². The van der Waals surface area contributed by atoms with Crippen molar-refractivity contribution in [3.8, 4) is 22.1 Å². The lowest BCUT2D eigenvalue weighted by Gasteiger charge is -2.08. The molecule has 2 rings (SSSR count). The molecular formula is C15H20N2O2S. The first-order valence-corrected chi connectivity index (χ1v) is 7.34. The molecule has 0 bridgehead atoms. The maximum absolute atomic E-state index is 5.81. The highest BCUT2D eigenvalue weighted by atomic mass is 32.1. The molecule has 20 heavy (non-hydrogen) atoms. The van der Waals surface area contributed by atoms with Gasteiger partial charge in [-0.2, -0.15) is 0 Å². The second-order valence-electron chi connectivity index (χ2n) is 4.76. The molecule has 0 atom stereocenters. The summed E-state index contributed by atoms with van der Waals surface area (Å²) in [4.78, 5) is 5.87. The maximum Gasteiger partial charge on any atom is 0.161 e. The molecule has 108 valence electrons. The number of rotatable bonds is 5. The molecule has 0 aliphatic carbocycles. The van der Waals surface area contributed by atoms with Gasteiger partial charge in [0.25, 0.3) is 0 Å². The third-order valence-corrected chi connectivity index (χ3v) is 4.23. The van der Waals surface area contributed by atoms with Gasteiger partial charge in [0.15, 0.2) is 11.5 Å². The fraction of sp³-hybridized carbons (Fsp3) is 0.400. The molecule has 2 N–H and O–H groups in total. The van der Waals surface area contributed by atoms with Crippen LogP contribution in [0.4, 0.5) is 0 Å². The quantitative estimate of drug-likeness (QED) is 0.917. The third kappa shape index (κ3) is 2.78. The van der Waals surface area contributed by atoms with E-state index in [0.29, 0.717) is 18.2 Å². The number of thiazole rings is 1. The lowest BCUT2D eigenvalue weighted by Crippen LogP contribution is -1.99. The van der Waals surface area contributed by atoms with Crippen LogP contribution < -0.4 is 15.2 Å². The third-order valence-electron chi connectivity index (χ3n) is 3.09. The van der Waals surface area contributed by atoms with Crippen LogP contribution in [0.2, 0.25) is 0 Å². The fourth-order valence-corrected chi connectivity index (χ4v) is 3.15. The van der Waals surface area contributed by atoms with Crippen molar-refractivity contribution < 1.29 is 9.47 Å². The first-order chi connectivity index (χ1) is 9.60. The average Bonchev–Trinajstić information content (AvgIpc) is 2.91. The molecule has 0 saturated heterocycles. The van der Waals surface area contributed by atoms with Crippen LogP contribution in [0.25, 0.3) is 10.6 Å². The van der Waals surface area contributed by atoms with Crippen LogP contribution >= 0.6 is 11.3 Å². The Morgan fingerprint density at radius 1 is 1.20 bits per heavy atom. The Hall–Kier alpha value is -1.59. The van der Waals surface area contributed by atoms with Gasteiger partial charge in [0.2, 0.25) is 0 Å². The van der Waals surface area contributed by atoms with Gasteiger partial charge in [-0.25, -0.2) is 4.98 Å². The fourth-order valence-electron chi connectivity index (χ4n) is 2.05. The summed E-state index contributed by atoms with van der Waals surface area (Å²) in [5.74, 6) is 1.80. The number of ether oxygens (including phenoxy) is 2. The Bertz CT molecular complexity index is 594. The Morgan fingerprint density at radius 3 is 2.40 bits per heavy atom. The molecule has 0 saturated carbocycles. The van der Waals surface area contributed by atoms with Crippen LogP contribution in [0.1, 0.15) is 30.3 Å². The van der Waals surface area contributed by atoms with E-state index in [1.807, 2.05) is 18.2 Å². The van der Waals surface area contributed by atoms with Crippen molar-refractivity contribution in [2.24, 2.45) is 5.73 Å². The zero-order valence-electron chi connectivity index (χ0n) is 12.3. The SMILES string of the molecule is COc1ccc(-c2nc(C(C)C)c(CN)s2)cc1OC. The molecule has 0 fully saturated rings. The average molecular weight is 292 g/mol. The van der Waals surface area contributed by atoms with E-state index >= 15 is 0 Å². The van der Waals surface area contributed by atoms with Gasteiger partial charge in [0.1, 0.15) is 5.01 Å². The van der Waals surface area contributed by atoms with E-state index in [1.54, 1.807) is 25.6 Å². The van der Waals surface area contributed by atoms with Gasteiger partial charge in [-0.05, 0) is 24.1 Å². The van der Waals surface area contributed by atoms with E-state index in [4.69, 9.17) is 20.2 Å². The lowest BCUT2D eigenvalue weighted by molar-refractivity contribution is 0.355. The van der Waals surface area contributed by atoms with Gasteiger partial charge >= 0.3 is 0 Å². The predicted octanol–water partition coefficient (Wildman–Crippen LogP) is 3.41. The number of aromatic nitrogens is 1. The summed E-state index contributed by atoms with van der Waals surface area (Å²) in [6.45, 7) is 4.79. The summed E-state index contributed by atoms with van der Waals surface area (Å²) in [7, 11) is 3.26. The Kier molecular flexibility index (Phi) is 4.62. The summed E-state index contributed by atoms with van der Waals surface area (Å²) >= 11 is 1.64. The molecule has 4 nitrogen and oxygen atoms in total. The van der Waals surface area contributed by atoms with E-state index in [0.717, 1.165) is 26.9 Å². The molecule has 1 aromatic carbocycles. The maximum atomic E-state index is 5.81. The summed E-state index contributed by atoms with van der Waals surface area (Å²) < 4.78 is 10.6. The number of benzene rings is 1. The zero-order chi connectivity index (χ0) is 14.7. The van der Waals surface area contributed by atoms with E-state index in [-0.39, 0.29) is 0 Å². The summed E-state index contributed by atoms with van der Waals surface area (Å²) in [5.41, 5.74) is 7.92. The first-order valence-electron chi connectivity index (χ1n) is 6.52. The molecule has 0 radical (unpaired) electrons. The van der Waals surface area contributed by atoms with Gasteiger partial charge in [0.05, 0.1) is 19.9 Å². The van der Waals surface area contributed by atoms with Gasteiger partial charge in [0, 0.05) is 17.0 Å². The molecular weight excluding hydrogens is 272 g/mol. The van der Waals surface area contributed by atoms with Crippen molar-refractivity contribution in [1.29, 1.82) is 0 Å². The Labute approximate surface area is 123 Å². The number of nitrogens with two attached hydrogens (primary N) is 1. The molecule has 1 aromatic heterocycles. The second kappa shape index (κ2) is 6.24. The van der Waals surface area contributed by atoms with Gasteiger partial charge < -0.3 is 15.2 Å². The minimum absolute atomic E-state index is 0.374.